The summed E-state index contributed by atoms with van der Waals surface area (Å²) in [7, 11) is 0. The number of nitriles is 1. The first-order chi connectivity index (χ1) is 7.87. The molecule has 0 aliphatic carbocycles. The quantitative estimate of drug-likeness (QED) is 0.831. The normalized spacial score (nSPS) is 11.0. The lowest BCUT2D eigenvalue weighted by Crippen LogP contribution is -2.19. The third-order valence-corrected chi connectivity index (χ3v) is 1.83. The Balaban J connectivity index is 3.20. The second-order valence-electron chi connectivity index (χ2n) is 3.06. The van der Waals surface area contributed by atoms with Crippen molar-refractivity contribution >= 4 is 5.69 Å². The molecular formula is C9H9F3N4O. The Morgan fingerprint density at radius 2 is 2.12 bits per heavy atom. The van der Waals surface area contributed by atoms with Crippen molar-refractivity contribution in [2.75, 3.05) is 5.73 Å². The van der Waals surface area contributed by atoms with E-state index in [0.29, 0.717) is 0 Å². The highest BCUT2D eigenvalue weighted by Gasteiger charge is 2.32. The third-order valence-electron chi connectivity index (χ3n) is 1.83. The summed E-state index contributed by atoms with van der Waals surface area (Å²) < 4.78 is 40.0. The van der Waals surface area contributed by atoms with Gasteiger partial charge >= 0.3 is 6.36 Å². The van der Waals surface area contributed by atoms with E-state index in [4.69, 9.17) is 16.7 Å². The van der Waals surface area contributed by atoms with Crippen molar-refractivity contribution in [1.82, 2.24) is 4.98 Å². The largest absolute Gasteiger partial charge is 0.573 e. The second kappa shape index (κ2) is 4.88. The monoisotopic (exact) mass is 246 g/mol. The number of hydrogen-bond donors (Lipinski definition) is 2. The summed E-state index contributed by atoms with van der Waals surface area (Å²) in [6, 6.07) is 2.75. The molecule has 0 amide bonds. The Labute approximate surface area is 94.8 Å². The first kappa shape index (κ1) is 13.1. The van der Waals surface area contributed by atoms with Crippen molar-refractivity contribution < 1.29 is 17.9 Å². The molecule has 1 aromatic heterocycles. The summed E-state index contributed by atoms with van der Waals surface area (Å²) in [6.45, 7) is -0.0765. The van der Waals surface area contributed by atoms with Gasteiger partial charge in [0.2, 0.25) is 0 Å². The second-order valence-corrected chi connectivity index (χ2v) is 3.06. The van der Waals surface area contributed by atoms with E-state index in [1.54, 1.807) is 6.07 Å². The third kappa shape index (κ3) is 3.49. The van der Waals surface area contributed by atoms with Crippen LogP contribution < -0.4 is 16.2 Å². The molecule has 5 nitrogen and oxygen atoms in total. The Morgan fingerprint density at radius 1 is 1.47 bits per heavy atom. The van der Waals surface area contributed by atoms with Crippen molar-refractivity contribution in [3.8, 4) is 11.8 Å². The highest BCUT2D eigenvalue weighted by molar-refractivity contribution is 5.57. The van der Waals surface area contributed by atoms with Crippen molar-refractivity contribution in [1.29, 1.82) is 5.26 Å². The lowest BCUT2D eigenvalue weighted by molar-refractivity contribution is -0.274. The molecule has 0 aliphatic heterocycles. The smallest absolute Gasteiger partial charge is 0.403 e. The summed E-state index contributed by atoms with van der Waals surface area (Å²) in [5.74, 6) is -0.585. The predicted molar refractivity (Wildman–Crippen MR) is 52.5 cm³/mol. The highest BCUT2D eigenvalue weighted by Crippen LogP contribution is 2.30. The number of rotatable bonds is 3. The standard InChI is InChI=1S/C9H9F3N4O/c10-9(11,12)17-7-3-5(4-14)16-6(1-2-13)8(7)15/h3H,1,4,14-15H2. The Kier molecular flexibility index (Phi) is 3.75. The van der Waals surface area contributed by atoms with Crippen LogP contribution in [0.3, 0.4) is 0 Å². The number of pyridine rings is 1. The number of alkyl halides is 3. The van der Waals surface area contributed by atoms with Crippen LogP contribution in [0.15, 0.2) is 6.07 Å². The molecule has 92 valence electrons. The lowest BCUT2D eigenvalue weighted by atomic mass is 10.2. The van der Waals surface area contributed by atoms with Gasteiger partial charge in [0.1, 0.15) is 0 Å². The predicted octanol–water partition coefficient (Wildman–Crippen LogP) is 1.09. The molecule has 0 aliphatic rings. The van der Waals surface area contributed by atoms with Crippen LogP contribution in [0.25, 0.3) is 0 Å². The Hall–Kier alpha value is -2.01. The van der Waals surface area contributed by atoms with Crippen LogP contribution in [0.5, 0.6) is 5.75 Å². The van der Waals surface area contributed by atoms with E-state index in [-0.39, 0.29) is 30.0 Å². The van der Waals surface area contributed by atoms with Crippen molar-refractivity contribution in [2.24, 2.45) is 5.73 Å². The van der Waals surface area contributed by atoms with Gasteiger partial charge in [-0.25, -0.2) is 0 Å². The molecule has 4 N–H and O–H groups in total. The van der Waals surface area contributed by atoms with Crippen LogP contribution in [0.2, 0.25) is 0 Å². The minimum absolute atomic E-state index is 0.0229. The van der Waals surface area contributed by atoms with E-state index in [9.17, 15) is 13.2 Å². The summed E-state index contributed by atoms with van der Waals surface area (Å²) in [5.41, 5.74) is 10.6. The average molecular weight is 246 g/mol. The molecule has 8 heteroatoms. The van der Waals surface area contributed by atoms with E-state index in [1.165, 1.54) is 0 Å². The van der Waals surface area contributed by atoms with Gasteiger partial charge in [0.25, 0.3) is 0 Å². The fraction of sp³-hybridized carbons (Fsp3) is 0.333. The van der Waals surface area contributed by atoms with Crippen molar-refractivity contribution in [3.05, 3.63) is 17.5 Å². The maximum Gasteiger partial charge on any atom is 0.573 e. The summed E-state index contributed by atoms with van der Waals surface area (Å²) >= 11 is 0. The van der Waals surface area contributed by atoms with Crippen molar-refractivity contribution in [3.63, 3.8) is 0 Å². The van der Waals surface area contributed by atoms with E-state index in [1.807, 2.05) is 0 Å². The van der Waals surface area contributed by atoms with Gasteiger partial charge in [0, 0.05) is 12.6 Å². The number of nitrogens with zero attached hydrogens (tertiary/aromatic N) is 2. The summed E-state index contributed by atoms with van der Waals surface area (Å²) in [5, 5.41) is 8.49. The minimum Gasteiger partial charge on any atom is -0.403 e. The zero-order chi connectivity index (χ0) is 13.1. The number of ether oxygens (including phenoxy) is 1. The molecule has 1 rings (SSSR count). The number of halogens is 3. The van der Waals surface area contributed by atoms with Gasteiger partial charge in [-0.05, 0) is 0 Å². The average Bonchev–Trinajstić information content (AvgIpc) is 2.22. The molecule has 0 bridgehead atoms. The maximum atomic E-state index is 12.1. The van der Waals surface area contributed by atoms with Crippen LogP contribution >= 0.6 is 0 Å². The number of hydrogen-bond acceptors (Lipinski definition) is 5. The molecule has 1 heterocycles. The number of aromatic nitrogens is 1. The van der Waals surface area contributed by atoms with Crippen LogP contribution in [0.4, 0.5) is 18.9 Å². The zero-order valence-corrected chi connectivity index (χ0v) is 8.58. The van der Waals surface area contributed by atoms with E-state index >= 15 is 0 Å². The van der Waals surface area contributed by atoms with Gasteiger partial charge in [-0.3, -0.25) is 4.98 Å². The van der Waals surface area contributed by atoms with Gasteiger partial charge < -0.3 is 16.2 Å². The minimum atomic E-state index is -4.86. The van der Waals surface area contributed by atoms with E-state index in [0.717, 1.165) is 6.07 Å². The molecule has 1 aromatic rings. The highest BCUT2D eigenvalue weighted by atomic mass is 19.4. The topological polar surface area (TPSA) is 98.0 Å². The number of anilines is 1. The molecule has 0 radical (unpaired) electrons. The SMILES string of the molecule is N#CCc1nc(CN)cc(OC(F)(F)F)c1N. The molecule has 0 saturated carbocycles. The number of nitrogen functional groups attached to an aromatic ring is 1. The fourth-order valence-corrected chi connectivity index (χ4v) is 1.16. The van der Waals surface area contributed by atoms with Gasteiger partial charge in [0.15, 0.2) is 5.75 Å². The molecule has 0 unspecified atom stereocenters. The van der Waals surface area contributed by atoms with Crippen LogP contribution in [0.1, 0.15) is 11.4 Å². The van der Waals surface area contributed by atoms with Crippen LogP contribution in [0, 0.1) is 11.3 Å². The van der Waals surface area contributed by atoms with E-state index in [2.05, 4.69) is 9.72 Å². The first-order valence-electron chi connectivity index (χ1n) is 4.48. The van der Waals surface area contributed by atoms with Gasteiger partial charge in [-0.2, -0.15) is 5.26 Å². The Bertz CT molecular complexity index is 453. The molecule has 0 saturated heterocycles. The van der Waals surface area contributed by atoms with Crippen LogP contribution in [-0.2, 0) is 13.0 Å². The molecule has 0 fully saturated rings. The molecule has 17 heavy (non-hydrogen) atoms. The molecule has 0 aromatic carbocycles. The number of nitrogens with two attached hydrogens (primary N) is 2. The lowest BCUT2D eigenvalue weighted by Gasteiger charge is -2.13. The molecule has 0 atom stereocenters. The van der Waals surface area contributed by atoms with Crippen LogP contribution in [-0.4, -0.2) is 11.3 Å². The zero-order valence-electron chi connectivity index (χ0n) is 8.58. The van der Waals surface area contributed by atoms with Gasteiger partial charge in [-0.15, -0.1) is 13.2 Å². The van der Waals surface area contributed by atoms with Crippen molar-refractivity contribution in [2.45, 2.75) is 19.3 Å². The van der Waals surface area contributed by atoms with Gasteiger partial charge in [-0.1, -0.05) is 0 Å². The maximum absolute atomic E-state index is 12.1. The molecular weight excluding hydrogens is 237 g/mol. The summed E-state index contributed by atoms with van der Waals surface area (Å²) in [6.07, 6.45) is -5.07. The molecule has 0 spiro atoms. The Morgan fingerprint density at radius 3 is 2.59 bits per heavy atom. The van der Waals surface area contributed by atoms with Gasteiger partial charge in [0.05, 0.1) is 29.6 Å². The first-order valence-corrected chi connectivity index (χ1v) is 4.48. The summed E-state index contributed by atoms with van der Waals surface area (Å²) in [4.78, 5) is 3.85. The fourth-order valence-electron chi connectivity index (χ4n) is 1.16. The van der Waals surface area contributed by atoms with E-state index < -0.39 is 12.1 Å².